The lowest BCUT2D eigenvalue weighted by Gasteiger charge is -2.09. The number of ether oxygens (including phenoxy) is 12. The predicted molar refractivity (Wildman–Crippen MR) is 179 cm³/mol. The van der Waals surface area contributed by atoms with E-state index in [0.717, 1.165) is 38.4 Å². The first-order valence-electron chi connectivity index (χ1n) is 17.4. The number of alkyl halides is 1. The molecule has 0 saturated carbocycles. The molecule has 278 valence electrons. The van der Waals surface area contributed by atoms with Gasteiger partial charge in [-0.05, 0) is 19.3 Å². The Labute approximate surface area is 284 Å². The van der Waals surface area contributed by atoms with Crippen LogP contribution in [0.4, 0.5) is 0 Å². The standard InChI is InChI=1S/C33H67ClO12/c1-2-3-7-10-35-12-14-37-16-18-39-20-22-41-24-26-43-28-30-45-32-33-46-31-29-44-27-25-42-23-21-40-19-17-38-15-13-36-11-8-5-4-6-9-34/h2-33H2,1H3. The first kappa shape index (κ1) is 45.8. The zero-order chi connectivity index (χ0) is 33.1. The van der Waals surface area contributed by atoms with E-state index in [9.17, 15) is 0 Å². The second-order valence-electron chi connectivity index (χ2n) is 10.2. The van der Waals surface area contributed by atoms with Crippen molar-refractivity contribution in [2.24, 2.45) is 0 Å². The Balaban J connectivity index is 3.03. The predicted octanol–water partition coefficient (Wildman–Crippen LogP) is 4.18. The van der Waals surface area contributed by atoms with Gasteiger partial charge in [-0.15, -0.1) is 11.6 Å². The van der Waals surface area contributed by atoms with Gasteiger partial charge in [0.25, 0.3) is 0 Å². The van der Waals surface area contributed by atoms with Crippen LogP contribution in [0.25, 0.3) is 0 Å². The Bertz CT molecular complexity index is 481. The largest absolute Gasteiger partial charge is 0.379 e. The summed E-state index contributed by atoms with van der Waals surface area (Å²) in [5.74, 6) is 0.745. The molecule has 0 rings (SSSR count). The van der Waals surface area contributed by atoms with E-state index in [1.165, 1.54) is 25.7 Å². The summed E-state index contributed by atoms with van der Waals surface area (Å²) in [5, 5.41) is 0. The summed E-state index contributed by atoms with van der Waals surface area (Å²) in [6.45, 7) is 15.8. The van der Waals surface area contributed by atoms with Crippen molar-refractivity contribution in [3.63, 3.8) is 0 Å². The Hall–Kier alpha value is -0.190. The number of unbranched alkanes of at least 4 members (excludes halogenated alkanes) is 5. The fraction of sp³-hybridized carbons (Fsp3) is 1.00. The van der Waals surface area contributed by atoms with Crippen LogP contribution in [0.15, 0.2) is 0 Å². The van der Waals surface area contributed by atoms with Gasteiger partial charge in [-0.2, -0.15) is 0 Å². The second kappa shape index (κ2) is 44.8. The third-order valence-corrected chi connectivity index (χ3v) is 6.42. The van der Waals surface area contributed by atoms with Gasteiger partial charge in [-0.3, -0.25) is 0 Å². The van der Waals surface area contributed by atoms with Crippen LogP contribution in [0.3, 0.4) is 0 Å². The summed E-state index contributed by atoms with van der Waals surface area (Å²) in [7, 11) is 0. The van der Waals surface area contributed by atoms with Gasteiger partial charge in [0.15, 0.2) is 0 Å². The van der Waals surface area contributed by atoms with Crippen LogP contribution in [0.2, 0.25) is 0 Å². The highest BCUT2D eigenvalue weighted by molar-refractivity contribution is 6.17. The summed E-state index contributed by atoms with van der Waals surface area (Å²) in [5.41, 5.74) is 0. The van der Waals surface area contributed by atoms with Crippen LogP contribution in [0, 0.1) is 0 Å². The van der Waals surface area contributed by atoms with Gasteiger partial charge >= 0.3 is 0 Å². The minimum Gasteiger partial charge on any atom is -0.379 e. The van der Waals surface area contributed by atoms with Crippen molar-refractivity contribution in [1.29, 1.82) is 0 Å². The maximum Gasteiger partial charge on any atom is 0.0701 e. The van der Waals surface area contributed by atoms with Crippen molar-refractivity contribution in [3.8, 4) is 0 Å². The van der Waals surface area contributed by atoms with Crippen molar-refractivity contribution < 1.29 is 56.8 Å². The molecule has 0 aromatic carbocycles. The van der Waals surface area contributed by atoms with Crippen LogP contribution in [-0.4, -0.2) is 164 Å². The number of halogens is 1. The second-order valence-corrected chi connectivity index (χ2v) is 10.5. The molecule has 0 N–H and O–H groups in total. The molecule has 0 saturated heterocycles. The maximum absolute atomic E-state index is 5.65. The lowest BCUT2D eigenvalue weighted by atomic mass is 10.2. The highest BCUT2D eigenvalue weighted by Crippen LogP contribution is 2.01. The molecule has 0 bridgehead atoms. The Kier molecular flexibility index (Phi) is 44.6. The van der Waals surface area contributed by atoms with Gasteiger partial charge in [0.2, 0.25) is 0 Å². The quantitative estimate of drug-likeness (QED) is 0.0677. The van der Waals surface area contributed by atoms with Crippen molar-refractivity contribution >= 4 is 11.6 Å². The Morgan fingerprint density at radius 1 is 0.239 bits per heavy atom. The minimum absolute atomic E-state index is 0.518. The molecule has 0 aliphatic carbocycles. The van der Waals surface area contributed by atoms with E-state index in [1.807, 2.05) is 0 Å². The fourth-order valence-electron chi connectivity index (χ4n) is 3.63. The smallest absolute Gasteiger partial charge is 0.0701 e. The van der Waals surface area contributed by atoms with E-state index >= 15 is 0 Å². The van der Waals surface area contributed by atoms with Gasteiger partial charge in [-0.25, -0.2) is 0 Å². The van der Waals surface area contributed by atoms with Crippen molar-refractivity contribution in [3.05, 3.63) is 0 Å². The normalized spacial score (nSPS) is 11.6. The molecule has 0 spiro atoms. The number of hydrogen-bond donors (Lipinski definition) is 0. The van der Waals surface area contributed by atoms with E-state index in [4.69, 9.17) is 68.4 Å². The molecular formula is C33H67ClO12. The Morgan fingerprint density at radius 3 is 0.652 bits per heavy atom. The summed E-state index contributed by atoms with van der Waals surface area (Å²) < 4.78 is 65.8. The summed E-state index contributed by atoms with van der Waals surface area (Å²) in [6, 6.07) is 0. The molecule has 0 aliphatic rings. The van der Waals surface area contributed by atoms with E-state index in [2.05, 4.69) is 6.92 Å². The van der Waals surface area contributed by atoms with Crippen LogP contribution < -0.4 is 0 Å². The van der Waals surface area contributed by atoms with Crippen molar-refractivity contribution in [2.45, 2.75) is 51.9 Å². The summed E-state index contributed by atoms with van der Waals surface area (Å²) >= 11 is 5.65. The number of hydrogen-bond acceptors (Lipinski definition) is 12. The van der Waals surface area contributed by atoms with Gasteiger partial charge in [0.1, 0.15) is 0 Å². The highest BCUT2D eigenvalue weighted by Gasteiger charge is 1.97. The molecule has 0 heterocycles. The molecule has 46 heavy (non-hydrogen) atoms. The molecule has 0 atom stereocenters. The molecule has 0 aromatic heterocycles. The molecule has 0 radical (unpaired) electrons. The molecule has 0 fully saturated rings. The lowest BCUT2D eigenvalue weighted by Crippen LogP contribution is -2.15. The van der Waals surface area contributed by atoms with Crippen LogP contribution in [-0.2, 0) is 56.8 Å². The van der Waals surface area contributed by atoms with Crippen molar-refractivity contribution in [1.82, 2.24) is 0 Å². The zero-order valence-electron chi connectivity index (χ0n) is 28.9. The molecule has 0 aliphatic heterocycles. The van der Waals surface area contributed by atoms with E-state index in [1.54, 1.807) is 0 Å². The van der Waals surface area contributed by atoms with Crippen LogP contribution >= 0.6 is 11.6 Å². The molecule has 0 unspecified atom stereocenters. The zero-order valence-corrected chi connectivity index (χ0v) is 29.7. The maximum atomic E-state index is 5.65. The third kappa shape index (κ3) is 43.8. The van der Waals surface area contributed by atoms with Crippen LogP contribution in [0.5, 0.6) is 0 Å². The number of rotatable bonds is 43. The monoisotopic (exact) mass is 690 g/mol. The van der Waals surface area contributed by atoms with Gasteiger partial charge in [0.05, 0.1) is 145 Å². The minimum atomic E-state index is 0.518. The molecular weight excluding hydrogens is 624 g/mol. The highest BCUT2D eigenvalue weighted by atomic mass is 35.5. The molecule has 12 nitrogen and oxygen atoms in total. The topological polar surface area (TPSA) is 111 Å². The molecule has 0 amide bonds. The summed E-state index contributed by atoms with van der Waals surface area (Å²) in [6.07, 6.45) is 8.05. The lowest BCUT2D eigenvalue weighted by molar-refractivity contribution is -0.0284. The Morgan fingerprint density at radius 2 is 0.435 bits per heavy atom. The molecule has 13 heteroatoms. The van der Waals surface area contributed by atoms with Gasteiger partial charge < -0.3 is 56.8 Å². The van der Waals surface area contributed by atoms with E-state index < -0.39 is 0 Å². The molecule has 0 aromatic rings. The van der Waals surface area contributed by atoms with E-state index in [0.29, 0.717) is 145 Å². The van der Waals surface area contributed by atoms with Crippen molar-refractivity contribution in [2.75, 3.05) is 164 Å². The summed E-state index contributed by atoms with van der Waals surface area (Å²) in [4.78, 5) is 0. The first-order chi connectivity index (χ1) is 22.9. The first-order valence-corrected chi connectivity index (χ1v) is 17.9. The van der Waals surface area contributed by atoms with Crippen LogP contribution in [0.1, 0.15) is 51.9 Å². The SMILES string of the molecule is CCCCCOCCOCCOCCOCCOCCOCCOCCOCCOCCOCCOCCOCCCCCCCl. The average molecular weight is 691 g/mol. The average Bonchev–Trinajstić information content (AvgIpc) is 3.07. The van der Waals surface area contributed by atoms with Gasteiger partial charge in [0, 0.05) is 19.1 Å². The fourth-order valence-corrected chi connectivity index (χ4v) is 3.82. The van der Waals surface area contributed by atoms with Gasteiger partial charge in [-0.1, -0.05) is 32.6 Å². The third-order valence-electron chi connectivity index (χ3n) is 6.16. The van der Waals surface area contributed by atoms with E-state index in [-0.39, 0.29) is 0 Å².